The summed E-state index contributed by atoms with van der Waals surface area (Å²) in [6.45, 7) is 4.75. The highest BCUT2D eigenvalue weighted by molar-refractivity contribution is 7.19. The lowest BCUT2D eigenvalue weighted by Gasteiger charge is -2.35. The van der Waals surface area contributed by atoms with Crippen LogP contribution in [0.25, 0.3) is 10.1 Å². The van der Waals surface area contributed by atoms with Crippen molar-refractivity contribution in [2.45, 2.75) is 12.6 Å². The molecule has 152 valence electrons. The van der Waals surface area contributed by atoms with Crippen LogP contribution in [0.2, 0.25) is 0 Å². The molecule has 3 aromatic carbocycles. The third kappa shape index (κ3) is 4.26. The minimum Gasteiger partial charge on any atom is -0.489 e. The van der Waals surface area contributed by atoms with E-state index in [-0.39, 0.29) is 6.04 Å². The highest BCUT2D eigenvalue weighted by atomic mass is 32.1. The molecule has 5 rings (SSSR count). The molecule has 1 aliphatic rings. The average molecular weight is 415 g/mol. The number of nitrogens with zero attached hydrogens (tertiary/aromatic N) is 1. The fraction of sp³-hybridized carbons (Fsp3) is 0.231. The molecule has 1 atom stereocenters. The molecular weight excluding hydrogens is 388 g/mol. The monoisotopic (exact) mass is 414 g/mol. The van der Waals surface area contributed by atoms with Gasteiger partial charge in [0.15, 0.2) is 0 Å². The fourth-order valence-electron chi connectivity index (χ4n) is 4.15. The van der Waals surface area contributed by atoms with E-state index in [1.807, 2.05) is 17.4 Å². The number of thiophene rings is 1. The molecule has 0 aliphatic carbocycles. The zero-order chi connectivity index (χ0) is 20.2. The second-order valence-corrected chi connectivity index (χ2v) is 8.84. The second kappa shape index (κ2) is 9.00. The molecule has 1 saturated heterocycles. The summed E-state index contributed by atoms with van der Waals surface area (Å²) in [5.74, 6) is 0.928. The summed E-state index contributed by atoms with van der Waals surface area (Å²) in [7, 11) is 0. The maximum Gasteiger partial charge on any atom is 0.120 e. The van der Waals surface area contributed by atoms with Crippen LogP contribution in [-0.2, 0) is 6.61 Å². The maximum atomic E-state index is 6.14. The zero-order valence-electron chi connectivity index (χ0n) is 17.0. The van der Waals surface area contributed by atoms with Gasteiger partial charge in [-0.15, -0.1) is 11.3 Å². The number of piperazine rings is 1. The molecule has 0 radical (unpaired) electrons. The molecular formula is C26H26N2OS. The Labute approximate surface area is 181 Å². The average Bonchev–Trinajstić information content (AvgIpc) is 3.23. The molecule has 4 aromatic rings. The zero-order valence-corrected chi connectivity index (χ0v) is 17.8. The molecule has 0 amide bonds. The summed E-state index contributed by atoms with van der Waals surface area (Å²) in [4.78, 5) is 4.00. The number of rotatable bonds is 6. The largest absolute Gasteiger partial charge is 0.489 e. The van der Waals surface area contributed by atoms with Crippen molar-refractivity contribution in [1.82, 2.24) is 10.2 Å². The van der Waals surface area contributed by atoms with E-state index < -0.39 is 0 Å². The lowest BCUT2D eigenvalue weighted by Crippen LogP contribution is -2.45. The number of hydrogen-bond donors (Lipinski definition) is 1. The highest BCUT2D eigenvalue weighted by Crippen LogP contribution is 2.38. The third-order valence-corrected chi connectivity index (χ3v) is 6.82. The van der Waals surface area contributed by atoms with Gasteiger partial charge in [0.05, 0.1) is 6.04 Å². The molecule has 4 heteroatoms. The van der Waals surface area contributed by atoms with Gasteiger partial charge in [-0.1, -0.05) is 60.7 Å². The van der Waals surface area contributed by atoms with Gasteiger partial charge in [-0.05, 0) is 40.8 Å². The second-order valence-electron chi connectivity index (χ2n) is 7.72. The van der Waals surface area contributed by atoms with Crippen LogP contribution < -0.4 is 10.1 Å². The predicted octanol–water partition coefficient (Wildman–Crippen LogP) is 5.47. The molecule has 1 N–H and O–H groups in total. The van der Waals surface area contributed by atoms with E-state index in [2.05, 4.69) is 89.1 Å². The van der Waals surface area contributed by atoms with Crippen LogP contribution >= 0.6 is 11.3 Å². The molecule has 3 nitrogen and oxygen atoms in total. The van der Waals surface area contributed by atoms with Crippen LogP contribution in [0.15, 0.2) is 84.9 Å². The Bertz CT molecular complexity index is 1070. The number of ether oxygens (including phenoxy) is 1. The lowest BCUT2D eigenvalue weighted by atomic mass is 10.0. The number of nitrogens with one attached hydrogen (secondary N) is 1. The SMILES string of the molecule is c1ccc(COc2cccc(C(c3cc4ccccc4s3)N3CCNCC3)c2)cc1. The summed E-state index contributed by atoms with van der Waals surface area (Å²) in [6, 6.07) is 30.3. The molecule has 1 unspecified atom stereocenters. The first-order chi connectivity index (χ1) is 14.9. The van der Waals surface area contributed by atoms with E-state index in [1.54, 1.807) is 0 Å². The normalized spacial score (nSPS) is 15.9. The lowest BCUT2D eigenvalue weighted by molar-refractivity contribution is 0.200. The van der Waals surface area contributed by atoms with Crippen LogP contribution in [0.3, 0.4) is 0 Å². The standard InChI is InChI=1S/C26H26N2OS/c1-2-7-20(8-3-1)19-29-23-11-6-10-22(17-23)26(28-15-13-27-14-16-28)25-18-21-9-4-5-12-24(21)30-25/h1-12,17-18,26-27H,13-16,19H2. The first-order valence-electron chi connectivity index (χ1n) is 10.6. The van der Waals surface area contributed by atoms with Gasteiger partial charge in [0.1, 0.15) is 12.4 Å². The van der Waals surface area contributed by atoms with Crippen molar-refractivity contribution in [3.05, 3.63) is 101 Å². The Morgan fingerprint density at radius 1 is 0.867 bits per heavy atom. The molecule has 0 saturated carbocycles. The molecule has 1 fully saturated rings. The van der Waals surface area contributed by atoms with Crippen molar-refractivity contribution in [2.75, 3.05) is 26.2 Å². The van der Waals surface area contributed by atoms with Crippen LogP contribution in [0, 0.1) is 0 Å². The predicted molar refractivity (Wildman–Crippen MR) is 125 cm³/mol. The van der Waals surface area contributed by atoms with Crippen molar-refractivity contribution < 1.29 is 4.74 Å². The van der Waals surface area contributed by atoms with Crippen molar-refractivity contribution in [1.29, 1.82) is 0 Å². The summed E-state index contributed by atoms with van der Waals surface area (Å²) < 4.78 is 7.49. The van der Waals surface area contributed by atoms with Crippen molar-refractivity contribution in [3.8, 4) is 5.75 Å². The van der Waals surface area contributed by atoms with Crippen LogP contribution in [-0.4, -0.2) is 31.1 Å². The van der Waals surface area contributed by atoms with E-state index in [9.17, 15) is 0 Å². The van der Waals surface area contributed by atoms with Crippen molar-refractivity contribution in [3.63, 3.8) is 0 Å². The van der Waals surface area contributed by atoms with Gasteiger partial charge < -0.3 is 10.1 Å². The summed E-state index contributed by atoms with van der Waals surface area (Å²) >= 11 is 1.91. The molecule has 1 aliphatic heterocycles. The highest BCUT2D eigenvalue weighted by Gasteiger charge is 2.26. The Balaban J connectivity index is 1.46. The quantitative estimate of drug-likeness (QED) is 0.452. The molecule has 0 bridgehead atoms. The topological polar surface area (TPSA) is 24.5 Å². The van der Waals surface area contributed by atoms with E-state index in [4.69, 9.17) is 4.74 Å². The Morgan fingerprint density at radius 2 is 1.67 bits per heavy atom. The third-order valence-electron chi connectivity index (χ3n) is 5.65. The van der Waals surface area contributed by atoms with Gasteiger partial charge in [0.2, 0.25) is 0 Å². The number of benzene rings is 3. The van der Waals surface area contributed by atoms with Gasteiger partial charge in [0, 0.05) is 35.8 Å². The van der Waals surface area contributed by atoms with Gasteiger partial charge in [-0.2, -0.15) is 0 Å². The summed E-state index contributed by atoms with van der Waals surface area (Å²) in [5.41, 5.74) is 2.49. The number of fused-ring (bicyclic) bond motifs is 1. The Kier molecular flexibility index (Phi) is 5.80. The first kappa shape index (κ1) is 19.3. The van der Waals surface area contributed by atoms with E-state index in [0.717, 1.165) is 31.9 Å². The molecule has 30 heavy (non-hydrogen) atoms. The number of hydrogen-bond acceptors (Lipinski definition) is 4. The molecule has 0 spiro atoms. The minimum absolute atomic E-state index is 0.254. The van der Waals surface area contributed by atoms with Crippen molar-refractivity contribution >= 4 is 21.4 Å². The smallest absolute Gasteiger partial charge is 0.120 e. The van der Waals surface area contributed by atoms with Crippen LogP contribution in [0.1, 0.15) is 22.0 Å². The van der Waals surface area contributed by atoms with E-state index in [0.29, 0.717) is 6.61 Å². The van der Waals surface area contributed by atoms with Crippen LogP contribution in [0.4, 0.5) is 0 Å². The van der Waals surface area contributed by atoms with Gasteiger partial charge >= 0.3 is 0 Å². The fourth-order valence-corrected chi connectivity index (χ4v) is 5.38. The molecule has 1 aromatic heterocycles. The summed E-state index contributed by atoms with van der Waals surface area (Å²) in [5, 5.41) is 4.81. The van der Waals surface area contributed by atoms with Gasteiger partial charge in [0.25, 0.3) is 0 Å². The maximum absolute atomic E-state index is 6.14. The Morgan fingerprint density at radius 3 is 2.50 bits per heavy atom. The molecule has 2 heterocycles. The summed E-state index contributed by atoms with van der Waals surface area (Å²) in [6.07, 6.45) is 0. The van der Waals surface area contributed by atoms with Gasteiger partial charge in [-0.3, -0.25) is 4.90 Å². The van der Waals surface area contributed by atoms with Crippen molar-refractivity contribution in [2.24, 2.45) is 0 Å². The van der Waals surface area contributed by atoms with Gasteiger partial charge in [-0.25, -0.2) is 0 Å². The first-order valence-corrected chi connectivity index (χ1v) is 11.4. The minimum atomic E-state index is 0.254. The van der Waals surface area contributed by atoms with Crippen LogP contribution in [0.5, 0.6) is 5.75 Å². The Hall–Kier alpha value is -2.66. The van der Waals surface area contributed by atoms with E-state index in [1.165, 1.54) is 26.1 Å². The van der Waals surface area contributed by atoms with E-state index >= 15 is 0 Å².